The molecule has 0 aliphatic carbocycles. The molecule has 0 saturated carbocycles. The monoisotopic (exact) mass is 394 g/mol. The summed E-state index contributed by atoms with van der Waals surface area (Å²) in [5.74, 6) is 2.78. The van der Waals surface area contributed by atoms with Gasteiger partial charge < -0.3 is 9.64 Å². The van der Waals surface area contributed by atoms with E-state index in [2.05, 4.69) is 46.2 Å². The first kappa shape index (κ1) is 18.9. The van der Waals surface area contributed by atoms with Crippen molar-refractivity contribution in [3.8, 4) is 5.75 Å². The van der Waals surface area contributed by atoms with Crippen molar-refractivity contribution in [3.05, 3.63) is 64.4 Å². The van der Waals surface area contributed by atoms with Crippen LogP contribution in [0.3, 0.4) is 0 Å². The number of nitrogens with zero attached hydrogens (tertiary/aromatic N) is 4. The number of piperidine rings is 1. The van der Waals surface area contributed by atoms with Crippen molar-refractivity contribution in [3.63, 3.8) is 0 Å². The van der Waals surface area contributed by atoms with Gasteiger partial charge in [-0.25, -0.2) is 15.0 Å². The van der Waals surface area contributed by atoms with Crippen LogP contribution in [0.5, 0.6) is 5.75 Å². The number of hydrogen-bond acceptors (Lipinski definition) is 6. The van der Waals surface area contributed by atoms with Crippen molar-refractivity contribution in [2.24, 2.45) is 0 Å². The topological polar surface area (TPSA) is 51.1 Å². The van der Waals surface area contributed by atoms with Gasteiger partial charge in [0.05, 0.1) is 10.7 Å². The lowest BCUT2D eigenvalue weighted by Gasteiger charge is -2.30. The molecule has 1 saturated heterocycles. The first-order valence-corrected chi connectivity index (χ1v) is 10.8. The van der Waals surface area contributed by atoms with Gasteiger partial charge >= 0.3 is 0 Å². The average Bonchev–Trinajstić information content (AvgIpc) is 3.22. The van der Waals surface area contributed by atoms with E-state index in [1.165, 1.54) is 10.6 Å². The van der Waals surface area contributed by atoms with Gasteiger partial charge in [-0.1, -0.05) is 26.0 Å². The fourth-order valence-electron chi connectivity index (χ4n) is 3.46. The van der Waals surface area contributed by atoms with Gasteiger partial charge in [-0.15, -0.1) is 11.3 Å². The van der Waals surface area contributed by atoms with Crippen LogP contribution in [-0.2, 0) is 6.61 Å². The minimum atomic E-state index is 0.518. The summed E-state index contributed by atoms with van der Waals surface area (Å²) in [7, 11) is 0. The number of aromatic nitrogens is 3. The zero-order chi connectivity index (χ0) is 19.3. The molecule has 0 bridgehead atoms. The van der Waals surface area contributed by atoms with Crippen molar-refractivity contribution in [2.45, 2.75) is 45.1 Å². The SMILES string of the molecule is CC(C)c1ccc(OCc2csc(C3CCN(c4ncccn4)CC3)n2)cc1. The normalized spacial score (nSPS) is 15.2. The predicted molar refractivity (Wildman–Crippen MR) is 113 cm³/mol. The largest absolute Gasteiger partial charge is 0.487 e. The van der Waals surface area contributed by atoms with Gasteiger partial charge in [-0.2, -0.15) is 0 Å². The Morgan fingerprint density at radius 1 is 1.11 bits per heavy atom. The zero-order valence-corrected chi connectivity index (χ0v) is 17.2. The molecule has 5 nitrogen and oxygen atoms in total. The first-order chi connectivity index (χ1) is 13.7. The minimum Gasteiger partial charge on any atom is -0.487 e. The lowest BCUT2D eigenvalue weighted by atomic mass is 9.98. The van der Waals surface area contributed by atoms with Crippen LogP contribution in [0.15, 0.2) is 48.1 Å². The molecule has 1 aliphatic heterocycles. The standard InChI is InChI=1S/C22H26N4OS/c1-16(2)17-4-6-20(7-5-17)27-14-19-15-28-21(25-19)18-8-12-26(13-9-18)22-23-10-3-11-24-22/h3-7,10-11,15-16,18H,8-9,12-14H2,1-2H3. The molecule has 0 N–H and O–H groups in total. The Kier molecular flexibility index (Phi) is 5.86. The molecule has 28 heavy (non-hydrogen) atoms. The van der Waals surface area contributed by atoms with Crippen molar-refractivity contribution in [1.29, 1.82) is 0 Å². The number of hydrogen-bond donors (Lipinski definition) is 0. The Hall–Kier alpha value is -2.47. The van der Waals surface area contributed by atoms with Crippen LogP contribution in [-0.4, -0.2) is 28.0 Å². The van der Waals surface area contributed by atoms with Crippen LogP contribution in [0.1, 0.15) is 54.8 Å². The van der Waals surface area contributed by atoms with Crippen molar-refractivity contribution in [1.82, 2.24) is 15.0 Å². The second-order valence-electron chi connectivity index (χ2n) is 7.50. The smallest absolute Gasteiger partial charge is 0.225 e. The van der Waals surface area contributed by atoms with Crippen molar-refractivity contribution < 1.29 is 4.74 Å². The Bertz CT molecular complexity index is 871. The fraction of sp³-hybridized carbons (Fsp3) is 0.409. The van der Waals surface area contributed by atoms with Gasteiger partial charge in [0.1, 0.15) is 12.4 Å². The molecule has 0 amide bonds. The maximum absolute atomic E-state index is 5.92. The maximum Gasteiger partial charge on any atom is 0.225 e. The third-order valence-corrected chi connectivity index (χ3v) is 6.24. The second-order valence-corrected chi connectivity index (χ2v) is 8.39. The fourth-order valence-corrected chi connectivity index (χ4v) is 4.44. The lowest BCUT2D eigenvalue weighted by Crippen LogP contribution is -2.34. The van der Waals surface area contributed by atoms with Crippen molar-refractivity contribution in [2.75, 3.05) is 18.0 Å². The summed E-state index contributed by atoms with van der Waals surface area (Å²) in [6.07, 6.45) is 5.78. The number of benzene rings is 1. The number of anilines is 1. The molecular weight excluding hydrogens is 368 g/mol. The van der Waals surface area contributed by atoms with Gasteiger partial charge in [0.15, 0.2) is 0 Å². The molecule has 4 rings (SSSR count). The van der Waals surface area contributed by atoms with Gasteiger partial charge in [0, 0.05) is 36.8 Å². The third-order valence-electron chi connectivity index (χ3n) is 5.18. The van der Waals surface area contributed by atoms with Crippen LogP contribution < -0.4 is 9.64 Å². The summed E-state index contributed by atoms with van der Waals surface area (Å²) in [6, 6.07) is 10.2. The maximum atomic E-state index is 5.92. The molecule has 6 heteroatoms. The summed E-state index contributed by atoms with van der Waals surface area (Å²) >= 11 is 1.75. The Morgan fingerprint density at radius 3 is 2.50 bits per heavy atom. The molecular formula is C22H26N4OS. The van der Waals surface area contributed by atoms with Crippen LogP contribution in [0.4, 0.5) is 5.95 Å². The van der Waals surface area contributed by atoms with E-state index >= 15 is 0 Å². The van der Waals surface area contributed by atoms with E-state index in [0.717, 1.165) is 43.3 Å². The molecule has 3 heterocycles. The van der Waals surface area contributed by atoms with E-state index in [-0.39, 0.29) is 0 Å². The Morgan fingerprint density at radius 2 is 1.82 bits per heavy atom. The highest BCUT2D eigenvalue weighted by Gasteiger charge is 2.24. The van der Waals surface area contributed by atoms with Crippen LogP contribution in [0.25, 0.3) is 0 Å². The molecule has 0 unspecified atom stereocenters. The summed E-state index contributed by atoms with van der Waals surface area (Å²) in [6.45, 7) is 6.87. The Balaban J connectivity index is 1.30. The molecule has 0 atom stereocenters. The van der Waals surface area contributed by atoms with Gasteiger partial charge in [-0.3, -0.25) is 0 Å². The van der Waals surface area contributed by atoms with E-state index in [1.54, 1.807) is 23.7 Å². The van der Waals surface area contributed by atoms with E-state index in [1.807, 2.05) is 18.2 Å². The van der Waals surface area contributed by atoms with Gasteiger partial charge in [-0.05, 0) is 42.5 Å². The van der Waals surface area contributed by atoms with Crippen molar-refractivity contribution >= 4 is 17.3 Å². The minimum absolute atomic E-state index is 0.518. The molecule has 1 fully saturated rings. The van der Waals surface area contributed by atoms with Crippen LogP contribution in [0.2, 0.25) is 0 Å². The summed E-state index contributed by atoms with van der Waals surface area (Å²) in [5, 5.41) is 3.35. The molecule has 0 radical (unpaired) electrons. The van der Waals surface area contributed by atoms with E-state index in [4.69, 9.17) is 9.72 Å². The Labute approximate surface area is 170 Å². The predicted octanol–water partition coefficient (Wildman–Crippen LogP) is 5.02. The molecule has 3 aromatic rings. The first-order valence-electron chi connectivity index (χ1n) is 9.88. The number of rotatable bonds is 6. The van der Waals surface area contributed by atoms with Crippen LogP contribution >= 0.6 is 11.3 Å². The number of thiazole rings is 1. The summed E-state index contributed by atoms with van der Waals surface area (Å²) < 4.78 is 5.92. The molecule has 146 valence electrons. The quantitative estimate of drug-likeness (QED) is 0.587. The third kappa shape index (κ3) is 4.50. The summed E-state index contributed by atoms with van der Waals surface area (Å²) in [4.78, 5) is 15.8. The highest BCUT2D eigenvalue weighted by Crippen LogP contribution is 2.31. The van der Waals surface area contributed by atoms with E-state index in [0.29, 0.717) is 18.4 Å². The lowest BCUT2D eigenvalue weighted by molar-refractivity contribution is 0.301. The summed E-state index contributed by atoms with van der Waals surface area (Å²) in [5.41, 5.74) is 2.34. The van der Waals surface area contributed by atoms with E-state index < -0.39 is 0 Å². The second kappa shape index (κ2) is 8.69. The molecule has 0 spiro atoms. The van der Waals surface area contributed by atoms with Gasteiger partial charge in [0.25, 0.3) is 0 Å². The van der Waals surface area contributed by atoms with E-state index in [9.17, 15) is 0 Å². The van der Waals surface area contributed by atoms with Gasteiger partial charge in [0.2, 0.25) is 5.95 Å². The molecule has 1 aromatic carbocycles. The highest BCUT2D eigenvalue weighted by atomic mass is 32.1. The highest BCUT2D eigenvalue weighted by molar-refractivity contribution is 7.09. The zero-order valence-electron chi connectivity index (χ0n) is 16.4. The average molecular weight is 395 g/mol. The molecule has 1 aliphatic rings. The molecule has 2 aromatic heterocycles. The number of ether oxygens (including phenoxy) is 1. The van der Waals surface area contributed by atoms with Crippen LogP contribution in [0, 0.1) is 0 Å².